The molecule has 1 fully saturated rings. The Morgan fingerprint density at radius 1 is 1.32 bits per heavy atom. The molecular formula is C22H27N5O4. The maximum atomic E-state index is 12.2. The number of hydrogen-bond donors (Lipinski definition) is 1. The third-order valence-corrected chi connectivity index (χ3v) is 5.21. The molecule has 1 aliphatic rings. The highest BCUT2D eigenvalue weighted by Crippen LogP contribution is 2.21. The fourth-order valence-corrected chi connectivity index (χ4v) is 3.49. The topological polar surface area (TPSA) is 99.9 Å². The molecule has 1 saturated heterocycles. The smallest absolute Gasteiger partial charge is 0.246 e. The van der Waals surface area contributed by atoms with Crippen LogP contribution in [0.1, 0.15) is 38.1 Å². The van der Waals surface area contributed by atoms with Crippen molar-refractivity contribution in [1.82, 2.24) is 24.9 Å². The summed E-state index contributed by atoms with van der Waals surface area (Å²) >= 11 is 0. The number of rotatable bonds is 8. The lowest BCUT2D eigenvalue weighted by Crippen LogP contribution is -2.32. The molecule has 0 aliphatic carbocycles. The maximum absolute atomic E-state index is 12.2. The third kappa shape index (κ3) is 5.36. The van der Waals surface area contributed by atoms with Gasteiger partial charge in [0.15, 0.2) is 11.5 Å². The molecule has 0 bridgehead atoms. The van der Waals surface area contributed by atoms with Crippen molar-refractivity contribution in [2.75, 3.05) is 26.9 Å². The third-order valence-electron chi connectivity index (χ3n) is 5.21. The van der Waals surface area contributed by atoms with Gasteiger partial charge in [-0.1, -0.05) is 0 Å². The largest absolute Gasteiger partial charge is 0.497 e. The van der Waals surface area contributed by atoms with Crippen LogP contribution in [0, 0.1) is 0 Å². The van der Waals surface area contributed by atoms with Crippen LogP contribution in [0.5, 0.6) is 5.75 Å². The molecule has 1 amide bonds. The standard InChI is InChI=1S/C22H27N5O4/c1-15(24-21(28)13-30-12-18-5-3-4-10-31-18)22-25-20-11-19(23-14-27(20)26-22)16-6-8-17(29-2)9-7-16/h6-9,11,14-15,18H,3-5,10,12-13H2,1-2H3,(H,24,28)/t15-,18+/m0/s1. The Bertz CT molecular complexity index is 1010. The predicted octanol–water partition coefficient (Wildman–Crippen LogP) is 2.56. The molecule has 2 aromatic heterocycles. The van der Waals surface area contributed by atoms with E-state index in [9.17, 15) is 4.79 Å². The van der Waals surface area contributed by atoms with Crippen LogP contribution in [0.3, 0.4) is 0 Å². The number of carbonyl (C=O) groups excluding carboxylic acids is 1. The number of nitrogens with one attached hydrogen (secondary N) is 1. The van der Waals surface area contributed by atoms with Crippen LogP contribution in [0.25, 0.3) is 16.9 Å². The van der Waals surface area contributed by atoms with Gasteiger partial charge in [0.1, 0.15) is 18.7 Å². The van der Waals surface area contributed by atoms with Crippen molar-refractivity contribution in [3.63, 3.8) is 0 Å². The fourth-order valence-electron chi connectivity index (χ4n) is 3.49. The number of benzene rings is 1. The van der Waals surface area contributed by atoms with Gasteiger partial charge in [0.25, 0.3) is 0 Å². The number of nitrogens with zero attached hydrogens (tertiary/aromatic N) is 4. The first kappa shape index (κ1) is 21.2. The monoisotopic (exact) mass is 425 g/mol. The Morgan fingerprint density at radius 3 is 2.90 bits per heavy atom. The molecule has 3 heterocycles. The Labute approximate surface area is 180 Å². The van der Waals surface area contributed by atoms with Gasteiger partial charge in [-0.05, 0) is 50.5 Å². The van der Waals surface area contributed by atoms with Gasteiger partial charge in [-0.15, -0.1) is 5.10 Å². The molecule has 2 atom stereocenters. The van der Waals surface area contributed by atoms with Crippen LogP contribution in [0.4, 0.5) is 0 Å². The quantitative estimate of drug-likeness (QED) is 0.592. The van der Waals surface area contributed by atoms with E-state index in [0.29, 0.717) is 18.1 Å². The molecule has 1 N–H and O–H groups in total. The predicted molar refractivity (Wildman–Crippen MR) is 114 cm³/mol. The van der Waals surface area contributed by atoms with Gasteiger partial charge in [0, 0.05) is 18.2 Å². The molecule has 0 unspecified atom stereocenters. The van der Waals surface area contributed by atoms with Gasteiger partial charge in [-0.3, -0.25) is 4.79 Å². The van der Waals surface area contributed by atoms with Crippen molar-refractivity contribution in [3.8, 4) is 17.0 Å². The summed E-state index contributed by atoms with van der Waals surface area (Å²) in [6, 6.07) is 9.16. The first-order valence-electron chi connectivity index (χ1n) is 10.5. The Hall–Kier alpha value is -3.04. The first-order chi connectivity index (χ1) is 15.1. The van der Waals surface area contributed by atoms with E-state index in [2.05, 4.69) is 20.4 Å². The first-order valence-corrected chi connectivity index (χ1v) is 10.5. The summed E-state index contributed by atoms with van der Waals surface area (Å²) in [5.41, 5.74) is 2.39. The van der Waals surface area contributed by atoms with Crippen LogP contribution in [0.15, 0.2) is 36.7 Å². The molecule has 1 aliphatic heterocycles. The number of ether oxygens (including phenoxy) is 3. The molecule has 0 saturated carbocycles. The summed E-state index contributed by atoms with van der Waals surface area (Å²) in [6.07, 6.45) is 4.93. The van der Waals surface area contributed by atoms with E-state index in [-0.39, 0.29) is 24.7 Å². The van der Waals surface area contributed by atoms with E-state index in [0.717, 1.165) is 42.9 Å². The molecule has 31 heavy (non-hydrogen) atoms. The van der Waals surface area contributed by atoms with Crippen molar-refractivity contribution in [1.29, 1.82) is 0 Å². The number of carbonyl (C=O) groups is 1. The summed E-state index contributed by atoms with van der Waals surface area (Å²) in [6.45, 7) is 3.04. The number of methoxy groups -OCH3 is 1. The zero-order valence-corrected chi connectivity index (χ0v) is 17.8. The second-order valence-corrected chi connectivity index (χ2v) is 7.57. The average molecular weight is 425 g/mol. The molecule has 4 rings (SSSR count). The van der Waals surface area contributed by atoms with Gasteiger partial charge in [-0.2, -0.15) is 0 Å². The van der Waals surface area contributed by atoms with Crippen molar-refractivity contribution in [2.24, 2.45) is 0 Å². The highest BCUT2D eigenvalue weighted by Gasteiger charge is 2.17. The van der Waals surface area contributed by atoms with Gasteiger partial charge in [-0.25, -0.2) is 14.5 Å². The molecule has 3 aromatic rings. The van der Waals surface area contributed by atoms with E-state index in [1.165, 1.54) is 0 Å². The zero-order valence-electron chi connectivity index (χ0n) is 17.8. The van der Waals surface area contributed by atoms with Crippen LogP contribution >= 0.6 is 0 Å². The minimum atomic E-state index is -0.355. The van der Waals surface area contributed by atoms with Crippen LogP contribution in [-0.2, 0) is 14.3 Å². The second kappa shape index (κ2) is 9.84. The highest BCUT2D eigenvalue weighted by atomic mass is 16.5. The minimum absolute atomic E-state index is 0.0132. The lowest BCUT2D eigenvalue weighted by Gasteiger charge is -2.22. The maximum Gasteiger partial charge on any atom is 0.246 e. The molecule has 0 spiro atoms. The SMILES string of the molecule is COc1ccc(-c2cc3nc([C@H](C)NC(=O)COC[C@H]4CCCCO4)nn3cn2)cc1. The lowest BCUT2D eigenvalue weighted by molar-refractivity contribution is -0.128. The van der Waals surface area contributed by atoms with Crippen molar-refractivity contribution in [2.45, 2.75) is 38.3 Å². The van der Waals surface area contributed by atoms with E-state index < -0.39 is 0 Å². The Morgan fingerprint density at radius 2 is 2.16 bits per heavy atom. The molecular weight excluding hydrogens is 398 g/mol. The number of fused-ring (bicyclic) bond motifs is 1. The second-order valence-electron chi connectivity index (χ2n) is 7.57. The van der Waals surface area contributed by atoms with E-state index >= 15 is 0 Å². The molecule has 1 aromatic carbocycles. The molecule has 0 radical (unpaired) electrons. The summed E-state index contributed by atoms with van der Waals surface area (Å²) in [4.78, 5) is 21.2. The summed E-state index contributed by atoms with van der Waals surface area (Å²) in [5, 5.41) is 7.31. The van der Waals surface area contributed by atoms with E-state index in [4.69, 9.17) is 14.2 Å². The number of hydrogen-bond acceptors (Lipinski definition) is 7. The minimum Gasteiger partial charge on any atom is -0.497 e. The van der Waals surface area contributed by atoms with Gasteiger partial charge >= 0.3 is 0 Å². The normalized spacial score (nSPS) is 17.4. The van der Waals surface area contributed by atoms with Crippen molar-refractivity contribution >= 4 is 11.6 Å². The van der Waals surface area contributed by atoms with Gasteiger partial charge in [0.2, 0.25) is 5.91 Å². The molecule has 164 valence electrons. The van der Waals surface area contributed by atoms with Crippen LogP contribution in [-0.4, -0.2) is 58.5 Å². The van der Waals surface area contributed by atoms with Crippen LogP contribution in [0.2, 0.25) is 0 Å². The highest BCUT2D eigenvalue weighted by molar-refractivity contribution is 5.77. The van der Waals surface area contributed by atoms with E-state index in [1.54, 1.807) is 18.0 Å². The van der Waals surface area contributed by atoms with Crippen LogP contribution < -0.4 is 10.1 Å². The summed E-state index contributed by atoms with van der Waals surface area (Å²) in [5.74, 6) is 1.09. The average Bonchev–Trinajstić information content (AvgIpc) is 3.23. The molecule has 9 nitrogen and oxygen atoms in total. The zero-order chi connectivity index (χ0) is 21.6. The Balaban J connectivity index is 1.35. The van der Waals surface area contributed by atoms with E-state index in [1.807, 2.05) is 37.3 Å². The number of amides is 1. The number of aromatic nitrogens is 4. The summed E-state index contributed by atoms with van der Waals surface area (Å²) in [7, 11) is 1.63. The van der Waals surface area contributed by atoms with Gasteiger partial charge < -0.3 is 19.5 Å². The lowest BCUT2D eigenvalue weighted by atomic mass is 10.1. The van der Waals surface area contributed by atoms with Crippen molar-refractivity contribution in [3.05, 3.63) is 42.5 Å². The Kier molecular flexibility index (Phi) is 6.73. The fraction of sp³-hybridized carbons (Fsp3) is 0.455. The summed E-state index contributed by atoms with van der Waals surface area (Å²) < 4.78 is 17.9. The van der Waals surface area contributed by atoms with Gasteiger partial charge in [0.05, 0.1) is 31.6 Å². The molecule has 9 heteroatoms. The van der Waals surface area contributed by atoms with Crippen molar-refractivity contribution < 1.29 is 19.0 Å².